The zero-order valence-corrected chi connectivity index (χ0v) is 22.3. The quantitative estimate of drug-likeness (QED) is 0.343. The van der Waals surface area contributed by atoms with Crippen LogP contribution in [0.15, 0.2) is 70.1 Å². The maximum atomic E-state index is 13.6. The van der Waals surface area contributed by atoms with Crippen LogP contribution in [0, 0.1) is 13.8 Å². The van der Waals surface area contributed by atoms with E-state index in [0.717, 1.165) is 65.4 Å². The molecular weight excluding hydrogens is 494 g/mol. The minimum absolute atomic E-state index is 0.136. The van der Waals surface area contributed by atoms with E-state index >= 15 is 0 Å². The van der Waals surface area contributed by atoms with E-state index in [4.69, 9.17) is 9.15 Å². The fourth-order valence-corrected chi connectivity index (χ4v) is 5.49. The average molecular weight is 526 g/mol. The Labute approximate surface area is 225 Å². The van der Waals surface area contributed by atoms with Gasteiger partial charge >= 0.3 is 0 Å². The molecule has 200 valence electrons. The third-order valence-electron chi connectivity index (χ3n) is 7.44. The van der Waals surface area contributed by atoms with Crippen molar-refractivity contribution in [1.82, 2.24) is 30.1 Å². The number of H-pyrrole nitrogens is 1. The molecule has 2 aromatic carbocycles. The first-order valence-electron chi connectivity index (χ1n) is 13.1. The van der Waals surface area contributed by atoms with Gasteiger partial charge in [-0.1, -0.05) is 6.07 Å². The van der Waals surface area contributed by atoms with Gasteiger partial charge < -0.3 is 19.0 Å². The van der Waals surface area contributed by atoms with Gasteiger partial charge in [-0.3, -0.25) is 9.69 Å². The van der Waals surface area contributed by atoms with E-state index in [9.17, 15) is 4.79 Å². The summed E-state index contributed by atoms with van der Waals surface area (Å²) in [6.07, 6.45) is 1.63. The van der Waals surface area contributed by atoms with Crippen molar-refractivity contribution in [2.24, 2.45) is 0 Å². The second-order valence-electron chi connectivity index (χ2n) is 9.99. The Hall–Kier alpha value is -4.44. The highest BCUT2D eigenvalue weighted by Gasteiger charge is 2.33. The van der Waals surface area contributed by atoms with Crippen molar-refractivity contribution in [2.45, 2.75) is 26.4 Å². The van der Waals surface area contributed by atoms with E-state index in [-0.39, 0.29) is 5.56 Å². The Balaban J connectivity index is 1.38. The number of hydrogen-bond acceptors (Lipinski definition) is 8. The van der Waals surface area contributed by atoms with Gasteiger partial charge in [-0.15, -0.1) is 5.10 Å². The van der Waals surface area contributed by atoms with Gasteiger partial charge in [-0.25, -0.2) is 4.68 Å². The number of nitrogens with one attached hydrogen (secondary N) is 1. The van der Waals surface area contributed by atoms with Gasteiger partial charge in [0, 0.05) is 48.3 Å². The van der Waals surface area contributed by atoms with E-state index in [1.165, 1.54) is 0 Å². The van der Waals surface area contributed by atoms with Crippen LogP contribution in [-0.2, 0) is 6.54 Å². The molecule has 1 aliphatic rings. The normalized spacial score (nSPS) is 15.1. The first-order chi connectivity index (χ1) is 19.0. The fraction of sp³-hybridized carbons (Fsp3) is 0.310. The van der Waals surface area contributed by atoms with E-state index in [2.05, 4.69) is 55.4 Å². The van der Waals surface area contributed by atoms with Crippen molar-refractivity contribution < 1.29 is 9.15 Å². The number of anilines is 1. The number of nitrogens with zero attached hydrogens (tertiary/aromatic N) is 6. The molecular formula is C29H31N7O3. The van der Waals surface area contributed by atoms with Crippen molar-refractivity contribution in [1.29, 1.82) is 0 Å². The van der Waals surface area contributed by atoms with E-state index < -0.39 is 6.04 Å². The molecule has 1 aliphatic heterocycles. The van der Waals surface area contributed by atoms with Gasteiger partial charge in [0.1, 0.15) is 24.1 Å². The highest BCUT2D eigenvalue weighted by atomic mass is 16.5. The molecule has 0 unspecified atom stereocenters. The molecule has 0 spiro atoms. The molecule has 10 heteroatoms. The lowest BCUT2D eigenvalue weighted by Gasteiger charge is -2.39. The molecule has 1 saturated heterocycles. The number of methoxy groups -OCH3 is 1. The topological polar surface area (TPSA) is 105 Å². The number of piperazine rings is 1. The Morgan fingerprint density at radius 2 is 1.85 bits per heavy atom. The molecule has 1 fully saturated rings. The van der Waals surface area contributed by atoms with Gasteiger partial charge in [-0.2, -0.15) is 0 Å². The fourth-order valence-electron chi connectivity index (χ4n) is 5.49. The van der Waals surface area contributed by atoms with Crippen molar-refractivity contribution in [2.75, 3.05) is 38.2 Å². The zero-order valence-electron chi connectivity index (χ0n) is 22.3. The van der Waals surface area contributed by atoms with Gasteiger partial charge in [0.25, 0.3) is 5.56 Å². The predicted octanol–water partition coefficient (Wildman–Crippen LogP) is 3.69. The molecule has 3 aromatic heterocycles. The lowest BCUT2D eigenvalue weighted by atomic mass is 9.99. The summed E-state index contributed by atoms with van der Waals surface area (Å²) in [7, 11) is 1.67. The van der Waals surface area contributed by atoms with Gasteiger partial charge in [0.05, 0.1) is 13.4 Å². The monoisotopic (exact) mass is 525 g/mol. The number of hydrogen-bond donors (Lipinski definition) is 1. The largest absolute Gasteiger partial charge is 0.497 e. The minimum Gasteiger partial charge on any atom is -0.497 e. The van der Waals surface area contributed by atoms with E-state index in [1.807, 2.05) is 43.3 Å². The summed E-state index contributed by atoms with van der Waals surface area (Å²) in [6.45, 7) is 7.54. The number of aromatic amines is 1. The summed E-state index contributed by atoms with van der Waals surface area (Å²) < 4.78 is 12.6. The van der Waals surface area contributed by atoms with Crippen LogP contribution in [0.3, 0.4) is 0 Å². The molecule has 39 heavy (non-hydrogen) atoms. The minimum atomic E-state index is -0.429. The number of aromatic nitrogens is 5. The third kappa shape index (κ3) is 4.90. The van der Waals surface area contributed by atoms with Crippen LogP contribution in [0.4, 0.5) is 5.69 Å². The summed E-state index contributed by atoms with van der Waals surface area (Å²) in [5, 5.41) is 13.7. The molecule has 0 bridgehead atoms. The Morgan fingerprint density at radius 1 is 1.05 bits per heavy atom. The van der Waals surface area contributed by atoms with E-state index in [0.29, 0.717) is 17.9 Å². The van der Waals surface area contributed by atoms with Gasteiger partial charge in [0.15, 0.2) is 5.82 Å². The molecule has 10 nitrogen and oxygen atoms in total. The summed E-state index contributed by atoms with van der Waals surface area (Å²) in [5.74, 6) is 2.19. The number of rotatable bonds is 7. The first-order valence-corrected chi connectivity index (χ1v) is 13.1. The molecule has 0 saturated carbocycles. The maximum Gasteiger partial charge on any atom is 0.253 e. The van der Waals surface area contributed by atoms with Crippen molar-refractivity contribution in [3.05, 3.63) is 99.5 Å². The van der Waals surface area contributed by atoms with Crippen LogP contribution < -0.4 is 15.2 Å². The Bertz CT molecular complexity index is 1630. The van der Waals surface area contributed by atoms with Crippen molar-refractivity contribution >= 4 is 16.6 Å². The van der Waals surface area contributed by atoms with Crippen LogP contribution in [0.25, 0.3) is 10.9 Å². The number of tetrazole rings is 1. The molecule has 1 atom stereocenters. The highest BCUT2D eigenvalue weighted by Crippen LogP contribution is 2.30. The molecule has 5 aromatic rings. The summed E-state index contributed by atoms with van der Waals surface area (Å²) >= 11 is 0. The number of ether oxygens (including phenoxy) is 1. The SMILES string of the molecule is COc1ccc(N2CCN([C@@H](c3cc4c(C)cc(C)cc4[nH]c3=O)c3nnnn3Cc3ccco3)CC2)cc1. The van der Waals surface area contributed by atoms with Crippen molar-refractivity contribution in [3.63, 3.8) is 0 Å². The van der Waals surface area contributed by atoms with Gasteiger partial charge in [-0.05, 0) is 83.9 Å². The first kappa shape index (κ1) is 24.9. The number of furan rings is 1. The summed E-state index contributed by atoms with van der Waals surface area (Å²) in [5.41, 5.74) is 4.69. The molecule has 1 N–H and O–H groups in total. The highest BCUT2D eigenvalue weighted by molar-refractivity contribution is 5.83. The summed E-state index contributed by atoms with van der Waals surface area (Å²) in [4.78, 5) is 21.4. The smallest absolute Gasteiger partial charge is 0.253 e. The van der Waals surface area contributed by atoms with Crippen LogP contribution in [0.5, 0.6) is 5.75 Å². The average Bonchev–Trinajstić information content (AvgIpc) is 3.63. The van der Waals surface area contributed by atoms with Crippen LogP contribution in [0.1, 0.15) is 34.3 Å². The third-order valence-corrected chi connectivity index (χ3v) is 7.44. The van der Waals surface area contributed by atoms with E-state index in [1.54, 1.807) is 18.1 Å². The molecule has 0 radical (unpaired) electrons. The maximum absolute atomic E-state index is 13.6. The van der Waals surface area contributed by atoms with Crippen LogP contribution in [0.2, 0.25) is 0 Å². The predicted molar refractivity (Wildman–Crippen MR) is 148 cm³/mol. The number of aryl methyl sites for hydroxylation is 2. The standard InChI is InChI=1S/C29H31N7O3/c1-19-15-20(2)24-17-25(29(37)30-26(24)16-19)27(28-31-32-33-36(28)18-23-5-4-14-39-23)35-12-10-34(11-13-35)21-6-8-22(38-3)9-7-21/h4-9,14-17,27H,10-13,18H2,1-3H3,(H,30,37)/t27-/m0/s1. The summed E-state index contributed by atoms with van der Waals surface area (Å²) in [6, 6.07) is 17.6. The second kappa shape index (κ2) is 10.4. The van der Waals surface area contributed by atoms with Crippen LogP contribution >= 0.6 is 0 Å². The lowest BCUT2D eigenvalue weighted by molar-refractivity contribution is 0.200. The Kier molecular flexibility index (Phi) is 6.62. The molecule has 0 amide bonds. The molecule has 4 heterocycles. The van der Waals surface area contributed by atoms with Crippen molar-refractivity contribution in [3.8, 4) is 5.75 Å². The number of fused-ring (bicyclic) bond motifs is 1. The molecule has 6 rings (SSSR count). The number of benzene rings is 2. The molecule has 0 aliphatic carbocycles. The zero-order chi connectivity index (χ0) is 26.9. The Morgan fingerprint density at radius 3 is 2.56 bits per heavy atom. The lowest BCUT2D eigenvalue weighted by Crippen LogP contribution is -2.49. The van der Waals surface area contributed by atoms with Crippen LogP contribution in [-0.4, -0.2) is 63.4 Å². The van der Waals surface area contributed by atoms with Gasteiger partial charge in [0.2, 0.25) is 0 Å². The second-order valence-corrected chi connectivity index (χ2v) is 9.99. The number of pyridine rings is 1.